The Labute approximate surface area is 212 Å². The van der Waals surface area contributed by atoms with Crippen LogP contribution in [0.5, 0.6) is 0 Å². The van der Waals surface area contributed by atoms with Gasteiger partial charge in [-0.3, -0.25) is 4.79 Å². The molecule has 3 heteroatoms. The maximum absolute atomic E-state index is 10.6. The molecule has 0 aromatic heterocycles. The van der Waals surface area contributed by atoms with Gasteiger partial charge in [-0.05, 0) is 50.9 Å². The summed E-state index contributed by atoms with van der Waals surface area (Å²) >= 11 is 0. The molecule has 0 bridgehead atoms. The van der Waals surface area contributed by atoms with Gasteiger partial charge < -0.3 is 10.2 Å². The second kappa shape index (κ2) is 28.1. The van der Waals surface area contributed by atoms with E-state index in [1.165, 1.54) is 122 Å². The average Bonchev–Trinajstić information content (AvgIpc) is 2.82. The SMILES string of the molecule is CC(CCCCCCCCCC/C=C/C/C=C/CCCCCCCCCCCO)CCC(=O)O. The first kappa shape index (κ1) is 32.9. The molecule has 3 nitrogen and oxygen atoms in total. The number of aliphatic carboxylic acids is 1. The number of carboxylic acids is 1. The lowest BCUT2D eigenvalue weighted by atomic mass is 9.97. The predicted molar refractivity (Wildman–Crippen MR) is 148 cm³/mol. The van der Waals surface area contributed by atoms with Gasteiger partial charge in [-0.15, -0.1) is 0 Å². The molecular weight excluding hydrogens is 420 g/mol. The molecule has 34 heavy (non-hydrogen) atoms. The van der Waals surface area contributed by atoms with Gasteiger partial charge in [0.1, 0.15) is 0 Å². The molecular formula is C31H58O3. The molecule has 1 unspecified atom stereocenters. The number of hydrogen-bond acceptors (Lipinski definition) is 2. The fourth-order valence-electron chi connectivity index (χ4n) is 4.45. The highest BCUT2D eigenvalue weighted by Crippen LogP contribution is 2.17. The number of aliphatic hydroxyl groups is 1. The Morgan fingerprint density at radius 3 is 1.44 bits per heavy atom. The number of carboxylic acid groups (broad SMARTS) is 1. The maximum Gasteiger partial charge on any atom is 0.303 e. The van der Waals surface area contributed by atoms with Crippen molar-refractivity contribution in [2.75, 3.05) is 6.61 Å². The summed E-state index contributed by atoms with van der Waals surface area (Å²) in [6.07, 6.45) is 37.5. The fourth-order valence-corrected chi connectivity index (χ4v) is 4.45. The van der Waals surface area contributed by atoms with Crippen molar-refractivity contribution in [3.05, 3.63) is 24.3 Å². The van der Waals surface area contributed by atoms with E-state index in [9.17, 15) is 4.79 Å². The highest BCUT2D eigenvalue weighted by Gasteiger charge is 2.05. The van der Waals surface area contributed by atoms with Crippen LogP contribution in [0.2, 0.25) is 0 Å². The third-order valence-electron chi connectivity index (χ3n) is 6.80. The molecule has 0 aliphatic rings. The molecule has 1 atom stereocenters. The van der Waals surface area contributed by atoms with Crippen molar-refractivity contribution >= 4 is 5.97 Å². The number of unbranched alkanes of at least 4 members (excludes halogenated alkanes) is 17. The molecule has 0 spiro atoms. The summed E-state index contributed by atoms with van der Waals surface area (Å²) in [4.78, 5) is 10.6. The van der Waals surface area contributed by atoms with Gasteiger partial charge in [0.05, 0.1) is 0 Å². The Morgan fingerprint density at radius 1 is 0.588 bits per heavy atom. The second-order valence-corrected chi connectivity index (χ2v) is 10.3. The van der Waals surface area contributed by atoms with Crippen molar-refractivity contribution in [1.29, 1.82) is 0 Å². The van der Waals surface area contributed by atoms with Crippen LogP contribution in [0.25, 0.3) is 0 Å². The molecule has 0 saturated heterocycles. The Morgan fingerprint density at radius 2 is 1.00 bits per heavy atom. The molecule has 0 aliphatic heterocycles. The van der Waals surface area contributed by atoms with Crippen LogP contribution in [-0.2, 0) is 4.79 Å². The minimum absolute atomic E-state index is 0.321. The van der Waals surface area contributed by atoms with Crippen LogP contribution in [0.1, 0.15) is 155 Å². The summed E-state index contributed by atoms with van der Waals surface area (Å²) in [7, 11) is 0. The smallest absolute Gasteiger partial charge is 0.303 e. The zero-order valence-corrected chi connectivity index (χ0v) is 22.7. The quantitative estimate of drug-likeness (QED) is 0.0912. The molecule has 200 valence electrons. The zero-order valence-electron chi connectivity index (χ0n) is 22.7. The minimum atomic E-state index is -0.663. The number of allylic oxidation sites excluding steroid dienone is 4. The number of carbonyl (C=O) groups is 1. The van der Waals surface area contributed by atoms with Crippen molar-refractivity contribution in [2.45, 2.75) is 155 Å². The summed E-state index contributed by atoms with van der Waals surface area (Å²) in [6.45, 7) is 2.54. The van der Waals surface area contributed by atoms with Gasteiger partial charge in [0.15, 0.2) is 0 Å². The lowest BCUT2D eigenvalue weighted by Crippen LogP contribution is -2.01. The third kappa shape index (κ3) is 28.9. The Hall–Kier alpha value is -1.09. The van der Waals surface area contributed by atoms with E-state index < -0.39 is 5.97 Å². The lowest BCUT2D eigenvalue weighted by Gasteiger charge is -2.09. The Balaban J connectivity index is 3.22. The van der Waals surface area contributed by atoms with E-state index in [4.69, 9.17) is 10.2 Å². The predicted octanol–water partition coefficient (Wildman–Crippen LogP) is 9.78. The second-order valence-electron chi connectivity index (χ2n) is 10.3. The van der Waals surface area contributed by atoms with Crippen LogP contribution in [0.3, 0.4) is 0 Å². The molecule has 0 aromatic rings. The van der Waals surface area contributed by atoms with E-state index in [1.807, 2.05) is 0 Å². The molecule has 0 aromatic carbocycles. The van der Waals surface area contributed by atoms with Gasteiger partial charge >= 0.3 is 5.97 Å². The van der Waals surface area contributed by atoms with E-state index in [-0.39, 0.29) is 0 Å². The standard InChI is InChI=1S/C31H58O3/c1-30(27-28-31(33)34)26-24-22-20-18-16-14-12-10-8-6-4-2-3-5-7-9-11-13-15-17-19-21-23-25-29-32/h3-6,30,32H,2,7-29H2,1H3,(H,33,34)/b5-3+,6-4+. The zero-order chi connectivity index (χ0) is 25.0. The van der Waals surface area contributed by atoms with Gasteiger partial charge in [-0.1, -0.05) is 128 Å². The number of aliphatic hydroxyl groups excluding tert-OH is 1. The van der Waals surface area contributed by atoms with Crippen molar-refractivity contribution < 1.29 is 15.0 Å². The van der Waals surface area contributed by atoms with E-state index in [0.29, 0.717) is 18.9 Å². The first-order valence-electron chi connectivity index (χ1n) is 14.8. The largest absolute Gasteiger partial charge is 0.481 e. The summed E-state index contributed by atoms with van der Waals surface area (Å²) < 4.78 is 0. The van der Waals surface area contributed by atoms with E-state index >= 15 is 0 Å². The maximum atomic E-state index is 10.6. The highest BCUT2D eigenvalue weighted by molar-refractivity contribution is 5.66. The van der Waals surface area contributed by atoms with Crippen LogP contribution >= 0.6 is 0 Å². The minimum Gasteiger partial charge on any atom is -0.481 e. The summed E-state index contributed by atoms with van der Waals surface area (Å²) in [5.74, 6) is -0.108. The molecule has 0 rings (SSSR count). The van der Waals surface area contributed by atoms with Crippen LogP contribution < -0.4 is 0 Å². The first-order valence-corrected chi connectivity index (χ1v) is 14.8. The number of hydrogen-bond donors (Lipinski definition) is 2. The van der Waals surface area contributed by atoms with Crippen LogP contribution in [-0.4, -0.2) is 22.8 Å². The molecule has 0 fully saturated rings. The molecule has 2 N–H and O–H groups in total. The highest BCUT2D eigenvalue weighted by atomic mass is 16.4. The molecule has 0 amide bonds. The van der Waals surface area contributed by atoms with Crippen LogP contribution in [0.4, 0.5) is 0 Å². The number of rotatable bonds is 27. The molecule has 0 saturated carbocycles. The Kier molecular flexibility index (Phi) is 27.2. The average molecular weight is 479 g/mol. The normalized spacial score (nSPS) is 12.8. The fraction of sp³-hybridized carbons (Fsp3) is 0.839. The molecule has 0 heterocycles. The summed E-state index contributed by atoms with van der Waals surface area (Å²) in [5, 5.41) is 17.5. The summed E-state index contributed by atoms with van der Waals surface area (Å²) in [6, 6.07) is 0. The van der Waals surface area contributed by atoms with Crippen molar-refractivity contribution in [2.24, 2.45) is 5.92 Å². The van der Waals surface area contributed by atoms with Crippen LogP contribution in [0.15, 0.2) is 24.3 Å². The van der Waals surface area contributed by atoms with Gasteiger partial charge in [0.25, 0.3) is 0 Å². The van der Waals surface area contributed by atoms with E-state index in [1.54, 1.807) is 0 Å². The van der Waals surface area contributed by atoms with Crippen molar-refractivity contribution in [3.63, 3.8) is 0 Å². The third-order valence-corrected chi connectivity index (χ3v) is 6.80. The van der Waals surface area contributed by atoms with Gasteiger partial charge in [-0.25, -0.2) is 0 Å². The Bertz CT molecular complexity index is 469. The topological polar surface area (TPSA) is 57.5 Å². The molecule has 0 aliphatic carbocycles. The monoisotopic (exact) mass is 478 g/mol. The van der Waals surface area contributed by atoms with E-state index in [2.05, 4.69) is 31.2 Å². The van der Waals surface area contributed by atoms with Gasteiger partial charge in [0, 0.05) is 13.0 Å². The van der Waals surface area contributed by atoms with Crippen LogP contribution in [0, 0.1) is 5.92 Å². The lowest BCUT2D eigenvalue weighted by molar-refractivity contribution is -0.137. The molecule has 0 radical (unpaired) electrons. The van der Waals surface area contributed by atoms with Crippen molar-refractivity contribution in [3.8, 4) is 0 Å². The first-order chi connectivity index (χ1) is 16.7. The van der Waals surface area contributed by atoms with E-state index in [0.717, 1.165) is 19.3 Å². The van der Waals surface area contributed by atoms with Gasteiger partial charge in [-0.2, -0.15) is 0 Å². The summed E-state index contributed by atoms with van der Waals surface area (Å²) in [5.41, 5.74) is 0. The van der Waals surface area contributed by atoms with Crippen molar-refractivity contribution in [1.82, 2.24) is 0 Å². The van der Waals surface area contributed by atoms with Gasteiger partial charge in [0.2, 0.25) is 0 Å².